The number of rotatable bonds is 11. The summed E-state index contributed by atoms with van der Waals surface area (Å²) < 4.78 is 11.1. The number of thioether (sulfide) groups is 1. The molecule has 39 heavy (non-hydrogen) atoms. The fourth-order valence-corrected chi connectivity index (χ4v) is 6.14. The van der Waals surface area contributed by atoms with Crippen LogP contribution in [0.5, 0.6) is 5.75 Å². The maximum absolute atomic E-state index is 11.9. The van der Waals surface area contributed by atoms with Gasteiger partial charge in [0.1, 0.15) is 12.4 Å². The van der Waals surface area contributed by atoms with E-state index in [1.807, 2.05) is 18.2 Å². The van der Waals surface area contributed by atoms with E-state index in [2.05, 4.69) is 84.2 Å². The molecule has 1 aliphatic heterocycles. The fraction of sp³-hybridized carbons (Fsp3) is 0.265. The third-order valence-electron chi connectivity index (χ3n) is 7.19. The largest absolute Gasteiger partial charge is 0.489 e. The lowest BCUT2D eigenvalue weighted by Gasteiger charge is -2.26. The molecule has 200 valence electrons. The first-order valence-corrected chi connectivity index (χ1v) is 14.6. The third-order valence-corrected chi connectivity index (χ3v) is 8.30. The maximum atomic E-state index is 11.9. The fourth-order valence-electron chi connectivity index (χ4n) is 4.98. The second-order valence-corrected chi connectivity index (χ2v) is 11.0. The molecule has 4 aromatic rings. The molecule has 0 radical (unpaired) electrons. The molecule has 1 unspecified atom stereocenters. The summed E-state index contributed by atoms with van der Waals surface area (Å²) in [6.07, 6.45) is 4.04. The van der Waals surface area contributed by atoms with E-state index >= 15 is 0 Å². The lowest BCUT2D eigenvalue weighted by atomic mass is 10.0. The highest BCUT2D eigenvalue weighted by Gasteiger charge is 2.22. The summed E-state index contributed by atoms with van der Waals surface area (Å²) in [5, 5.41) is 3.73. The van der Waals surface area contributed by atoms with E-state index in [1.165, 1.54) is 34.9 Å². The van der Waals surface area contributed by atoms with Crippen LogP contribution in [0, 0.1) is 0 Å². The minimum Gasteiger partial charge on any atom is -0.489 e. The van der Waals surface area contributed by atoms with Crippen LogP contribution in [0.3, 0.4) is 0 Å². The zero-order valence-electron chi connectivity index (χ0n) is 22.4. The standard InChI is InChI=1S/C34H35NO3S/c1-37-34(36)29-17-18-30-31(20-22-39-33(30)23-29)35-21-19-28-9-5-6-10-32(28)38-24-27-15-13-26(14-16-27)12-11-25-7-3-2-4-8-25/h2-10,13-18,23,31,35H,11-12,19-22,24H2,1H3. The van der Waals surface area contributed by atoms with Crippen molar-refractivity contribution in [1.29, 1.82) is 0 Å². The Morgan fingerprint density at radius 1 is 0.846 bits per heavy atom. The minimum absolute atomic E-state index is 0.279. The van der Waals surface area contributed by atoms with Crippen molar-refractivity contribution in [3.8, 4) is 5.75 Å². The first kappa shape index (κ1) is 27.0. The van der Waals surface area contributed by atoms with E-state index in [9.17, 15) is 4.79 Å². The first-order chi connectivity index (χ1) is 19.2. The molecule has 1 N–H and O–H groups in total. The molecule has 5 rings (SSSR count). The van der Waals surface area contributed by atoms with E-state index in [1.54, 1.807) is 11.8 Å². The Morgan fingerprint density at radius 2 is 1.56 bits per heavy atom. The number of hydrogen-bond acceptors (Lipinski definition) is 5. The van der Waals surface area contributed by atoms with Crippen LogP contribution in [0.4, 0.5) is 0 Å². The Morgan fingerprint density at radius 3 is 2.36 bits per heavy atom. The second kappa shape index (κ2) is 13.5. The van der Waals surface area contributed by atoms with Gasteiger partial charge in [0.15, 0.2) is 0 Å². The number of carbonyl (C=O) groups excluding carboxylic acids is 1. The van der Waals surface area contributed by atoms with E-state index < -0.39 is 0 Å². The molecule has 0 saturated heterocycles. The lowest BCUT2D eigenvalue weighted by Crippen LogP contribution is -2.26. The molecule has 1 atom stereocenters. The van der Waals surface area contributed by atoms with Gasteiger partial charge >= 0.3 is 5.97 Å². The van der Waals surface area contributed by atoms with Gasteiger partial charge in [0.2, 0.25) is 0 Å². The molecule has 0 amide bonds. The molecule has 0 aliphatic carbocycles. The minimum atomic E-state index is -0.288. The van der Waals surface area contributed by atoms with Crippen LogP contribution < -0.4 is 10.1 Å². The summed E-state index contributed by atoms with van der Waals surface area (Å²) in [6.45, 7) is 1.41. The summed E-state index contributed by atoms with van der Waals surface area (Å²) in [4.78, 5) is 13.1. The second-order valence-electron chi connectivity index (χ2n) is 9.84. The van der Waals surface area contributed by atoms with Crippen LogP contribution in [0.1, 0.15) is 50.6 Å². The topological polar surface area (TPSA) is 47.6 Å². The SMILES string of the molecule is COC(=O)c1ccc2c(c1)SCCC2NCCc1ccccc1OCc1ccc(CCc2ccccc2)cc1. The molecule has 1 aliphatic rings. The normalized spacial score (nSPS) is 14.4. The summed E-state index contributed by atoms with van der Waals surface area (Å²) in [5.41, 5.74) is 6.96. The Kier molecular flexibility index (Phi) is 9.36. The summed E-state index contributed by atoms with van der Waals surface area (Å²) in [5.74, 6) is 1.68. The Balaban J connectivity index is 1.13. The van der Waals surface area contributed by atoms with Gasteiger partial charge in [0.25, 0.3) is 0 Å². The van der Waals surface area contributed by atoms with Crippen LogP contribution in [-0.2, 0) is 30.6 Å². The molecular formula is C34H35NO3S. The number of fused-ring (bicyclic) bond motifs is 1. The summed E-state index contributed by atoms with van der Waals surface area (Å²) in [7, 11) is 1.42. The molecule has 0 aromatic heterocycles. The monoisotopic (exact) mass is 537 g/mol. The van der Waals surface area contributed by atoms with Gasteiger partial charge in [-0.1, -0.05) is 78.9 Å². The van der Waals surface area contributed by atoms with Gasteiger partial charge in [-0.3, -0.25) is 0 Å². The van der Waals surface area contributed by atoms with Crippen molar-refractivity contribution in [2.75, 3.05) is 19.4 Å². The van der Waals surface area contributed by atoms with Gasteiger partial charge in [-0.15, -0.1) is 11.8 Å². The number of aryl methyl sites for hydroxylation is 2. The van der Waals surface area contributed by atoms with Crippen LogP contribution in [0.15, 0.2) is 102 Å². The Hall–Kier alpha value is -3.54. The van der Waals surface area contributed by atoms with Crippen molar-refractivity contribution in [3.63, 3.8) is 0 Å². The summed E-state index contributed by atoms with van der Waals surface area (Å²) >= 11 is 1.81. The molecule has 4 nitrogen and oxygen atoms in total. The molecule has 0 bridgehead atoms. The molecule has 0 spiro atoms. The van der Waals surface area contributed by atoms with Crippen molar-refractivity contribution in [1.82, 2.24) is 5.32 Å². The van der Waals surface area contributed by atoms with Crippen LogP contribution in [0.25, 0.3) is 0 Å². The zero-order chi connectivity index (χ0) is 26.9. The molecule has 0 fully saturated rings. The number of methoxy groups -OCH3 is 1. The average molecular weight is 538 g/mol. The smallest absolute Gasteiger partial charge is 0.337 e. The average Bonchev–Trinajstić information content (AvgIpc) is 3.00. The van der Waals surface area contributed by atoms with Gasteiger partial charge in [-0.2, -0.15) is 0 Å². The van der Waals surface area contributed by atoms with Crippen molar-refractivity contribution < 1.29 is 14.3 Å². The number of para-hydroxylation sites is 1. The highest BCUT2D eigenvalue weighted by molar-refractivity contribution is 7.99. The van der Waals surface area contributed by atoms with Gasteiger partial charge < -0.3 is 14.8 Å². The van der Waals surface area contributed by atoms with E-state index in [0.717, 1.165) is 48.6 Å². The van der Waals surface area contributed by atoms with E-state index in [-0.39, 0.29) is 12.0 Å². The van der Waals surface area contributed by atoms with Gasteiger partial charge in [0.05, 0.1) is 12.7 Å². The first-order valence-electron chi connectivity index (χ1n) is 13.6. The predicted molar refractivity (Wildman–Crippen MR) is 159 cm³/mol. The Labute approximate surface area is 235 Å². The highest BCUT2D eigenvalue weighted by Crippen LogP contribution is 2.37. The van der Waals surface area contributed by atoms with Crippen LogP contribution >= 0.6 is 11.8 Å². The van der Waals surface area contributed by atoms with E-state index in [0.29, 0.717) is 12.2 Å². The van der Waals surface area contributed by atoms with Crippen molar-refractivity contribution in [2.24, 2.45) is 0 Å². The third kappa shape index (κ3) is 7.31. The quantitative estimate of drug-likeness (QED) is 0.205. The van der Waals surface area contributed by atoms with Gasteiger partial charge in [0, 0.05) is 10.9 Å². The Bertz CT molecular complexity index is 1370. The molecule has 5 heteroatoms. The number of ether oxygens (including phenoxy) is 2. The van der Waals surface area contributed by atoms with Gasteiger partial charge in [-0.25, -0.2) is 4.79 Å². The number of carbonyl (C=O) groups is 1. The number of hydrogen-bond donors (Lipinski definition) is 1. The maximum Gasteiger partial charge on any atom is 0.337 e. The molecule has 0 saturated carbocycles. The van der Waals surface area contributed by atoms with Crippen molar-refractivity contribution in [2.45, 2.75) is 43.2 Å². The predicted octanol–water partition coefficient (Wildman–Crippen LogP) is 7.21. The van der Waals surface area contributed by atoms with Crippen LogP contribution in [0.2, 0.25) is 0 Å². The summed E-state index contributed by atoms with van der Waals surface area (Å²) in [6, 6.07) is 33.9. The number of esters is 1. The highest BCUT2D eigenvalue weighted by atomic mass is 32.2. The van der Waals surface area contributed by atoms with Crippen molar-refractivity contribution >= 4 is 17.7 Å². The molecular weight excluding hydrogens is 502 g/mol. The number of nitrogens with one attached hydrogen (secondary N) is 1. The molecule has 4 aromatic carbocycles. The van der Waals surface area contributed by atoms with E-state index in [4.69, 9.17) is 9.47 Å². The van der Waals surface area contributed by atoms with Crippen LogP contribution in [-0.4, -0.2) is 25.4 Å². The zero-order valence-corrected chi connectivity index (χ0v) is 23.2. The van der Waals surface area contributed by atoms with Gasteiger partial charge in [-0.05, 0) is 84.0 Å². The lowest BCUT2D eigenvalue weighted by molar-refractivity contribution is 0.0600. The molecule has 1 heterocycles. The van der Waals surface area contributed by atoms with Crippen molar-refractivity contribution in [3.05, 3.63) is 130 Å². The number of benzene rings is 4.